The van der Waals surface area contributed by atoms with E-state index >= 15 is 4.39 Å². The molecular weight excluding hydrogens is 601 g/mol. The van der Waals surface area contributed by atoms with Crippen LogP contribution < -0.4 is 16.0 Å². The lowest BCUT2D eigenvalue weighted by molar-refractivity contribution is 0.217. The van der Waals surface area contributed by atoms with Gasteiger partial charge in [-0.15, -0.1) is 6.58 Å². The van der Waals surface area contributed by atoms with E-state index < -0.39 is 12.0 Å². The Morgan fingerprint density at radius 2 is 1.91 bits per heavy atom. The lowest BCUT2D eigenvalue weighted by Gasteiger charge is -2.34. The highest BCUT2D eigenvalue weighted by Crippen LogP contribution is 2.39. The Morgan fingerprint density at radius 3 is 2.60 bits per heavy atom. The van der Waals surface area contributed by atoms with Crippen molar-refractivity contribution in [2.24, 2.45) is 5.73 Å². The molecule has 4 saturated heterocycles. The number of nitrogens with two attached hydrogens (primary N) is 1. The Balaban J connectivity index is 0.000000212. The summed E-state index contributed by atoms with van der Waals surface area (Å²) in [5.41, 5.74) is 7.29. The van der Waals surface area contributed by atoms with Gasteiger partial charge in [0.1, 0.15) is 34.8 Å². The van der Waals surface area contributed by atoms with Crippen LogP contribution in [0.3, 0.4) is 0 Å². The largest absolute Gasteiger partial charge is 0.376 e. The summed E-state index contributed by atoms with van der Waals surface area (Å²) < 4.78 is 43.6. The van der Waals surface area contributed by atoms with E-state index in [4.69, 9.17) is 5.73 Å². The number of piperazine rings is 1. The number of fused-ring (bicyclic) bond motifs is 5. The Hall–Kier alpha value is -3.54. The standard InChI is InChI=1S/C24H24F2N6.C8H14FN.C4H9N/c1-13-28-23-17(24(29-13)32-10-15-6-7-16(11-32)30-15)8-27-22(21(23)26)18-12-31(2)9-14-4-3-5-19(25)20(14)18;1-8-3-2-4-10(8)6-7(9)5-8;1-2-3-4-5/h3-5,8,12,15-16,30H,6-7,9-11H2,1-2H3;7H,2-6H2,1H3;2H,1,3-5H2/t;7?,8-;/m.0./s1. The summed E-state index contributed by atoms with van der Waals surface area (Å²) in [6.45, 7) is 12.2. The summed E-state index contributed by atoms with van der Waals surface area (Å²) in [5.74, 6) is 0.322. The number of anilines is 1. The molecule has 5 aliphatic heterocycles. The molecule has 7 heterocycles. The normalized spacial score (nSPS) is 26.2. The van der Waals surface area contributed by atoms with Crippen LogP contribution in [0.25, 0.3) is 16.5 Å². The van der Waals surface area contributed by atoms with E-state index in [1.165, 1.54) is 18.9 Å². The van der Waals surface area contributed by atoms with Crippen LogP contribution in [0.4, 0.5) is 19.0 Å². The van der Waals surface area contributed by atoms with Crippen molar-refractivity contribution in [3.63, 3.8) is 0 Å². The second-order valence-electron chi connectivity index (χ2n) is 13.8. The molecule has 2 aromatic heterocycles. The fraction of sp³-hybridized carbons (Fsp3) is 0.528. The van der Waals surface area contributed by atoms with Crippen molar-refractivity contribution in [2.45, 2.75) is 82.7 Å². The highest BCUT2D eigenvalue weighted by atomic mass is 19.1. The Morgan fingerprint density at radius 1 is 1.15 bits per heavy atom. The van der Waals surface area contributed by atoms with Gasteiger partial charge in [0.05, 0.1) is 5.39 Å². The molecule has 0 aliphatic carbocycles. The van der Waals surface area contributed by atoms with Gasteiger partial charge < -0.3 is 20.9 Å². The smallest absolute Gasteiger partial charge is 0.175 e. The molecule has 8 nitrogen and oxygen atoms in total. The van der Waals surface area contributed by atoms with Crippen molar-refractivity contribution in [1.29, 1.82) is 0 Å². The number of halogens is 3. The van der Waals surface area contributed by atoms with Crippen LogP contribution >= 0.6 is 0 Å². The summed E-state index contributed by atoms with van der Waals surface area (Å²) >= 11 is 0. The molecule has 1 aromatic carbocycles. The topological polar surface area (TPSA) is 86.4 Å². The van der Waals surface area contributed by atoms with Gasteiger partial charge in [-0.1, -0.05) is 18.2 Å². The maximum atomic E-state index is 15.9. The average Bonchev–Trinajstić information content (AvgIpc) is 3.66. The van der Waals surface area contributed by atoms with Gasteiger partial charge in [-0.2, -0.15) is 0 Å². The maximum absolute atomic E-state index is 15.9. The summed E-state index contributed by atoms with van der Waals surface area (Å²) in [6.07, 6.45) is 11.1. The molecule has 2 bridgehead atoms. The van der Waals surface area contributed by atoms with Crippen LogP contribution in [-0.4, -0.2) is 88.3 Å². The van der Waals surface area contributed by atoms with E-state index in [9.17, 15) is 8.78 Å². The zero-order chi connectivity index (χ0) is 33.3. The number of alkyl halides is 1. The number of nitrogens with one attached hydrogen (secondary N) is 1. The lowest BCUT2D eigenvalue weighted by Crippen LogP contribution is -2.51. The minimum absolute atomic E-state index is 0.111. The summed E-state index contributed by atoms with van der Waals surface area (Å²) in [7, 11) is 1.88. The highest BCUT2D eigenvalue weighted by Gasteiger charge is 2.44. The van der Waals surface area contributed by atoms with Crippen LogP contribution in [0.5, 0.6) is 0 Å². The molecule has 5 aliphatic rings. The first-order valence-electron chi connectivity index (χ1n) is 16.8. The third-order valence-electron chi connectivity index (χ3n) is 10.0. The molecule has 0 spiro atoms. The van der Waals surface area contributed by atoms with E-state index in [2.05, 4.69) is 43.6 Å². The van der Waals surface area contributed by atoms with Crippen molar-refractivity contribution in [2.75, 3.05) is 44.7 Å². The molecule has 252 valence electrons. The van der Waals surface area contributed by atoms with E-state index in [0.29, 0.717) is 47.5 Å². The van der Waals surface area contributed by atoms with Crippen LogP contribution in [-0.2, 0) is 6.54 Å². The molecule has 3 aromatic rings. The summed E-state index contributed by atoms with van der Waals surface area (Å²) in [4.78, 5) is 20.0. The van der Waals surface area contributed by atoms with E-state index in [1.807, 2.05) is 18.0 Å². The lowest BCUT2D eigenvalue weighted by atomic mass is 9.93. The molecule has 0 saturated carbocycles. The molecule has 4 atom stereocenters. The predicted octanol–water partition coefficient (Wildman–Crippen LogP) is 5.49. The second kappa shape index (κ2) is 13.9. The van der Waals surface area contributed by atoms with Crippen LogP contribution in [0, 0.1) is 18.6 Å². The highest BCUT2D eigenvalue weighted by molar-refractivity contribution is 5.93. The molecular formula is C36H47F3N8. The molecule has 4 fully saturated rings. The van der Waals surface area contributed by atoms with Gasteiger partial charge in [-0.3, -0.25) is 9.88 Å². The number of aryl methyl sites for hydroxylation is 1. The predicted molar refractivity (Wildman–Crippen MR) is 182 cm³/mol. The molecule has 0 amide bonds. The Labute approximate surface area is 275 Å². The fourth-order valence-corrected chi connectivity index (χ4v) is 7.85. The molecule has 11 heteroatoms. The first kappa shape index (κ1) is 33.4. The Kier molecular flexibility index (Phi) is 9.87. The van der Waals surface area contributed by atoms with Gasteiger partial charge in [-0.05, 0) is 77.1 Å². The quantitative estimate of drug-likeness (QED) is 0.360. The van der Waals surface area contributed by atoms with Gasteiger partial charge in [-0.25, -0.2) is 23.1 Å². The average molecular weight is 649 g/mol. The number of rotatable bonds is 4. The zero-order valence-corrected chi connectivity index (χ0v) is 27.8. The number of pyridine rings is 1. The third kappa shape index (κ3) is 6.89. The van der Waals surface area contributed by atoms with E-state index in [1.54, 1.807) is 31.5 Å². The second-order valence-corrected chi connectivity index (χ2v) is 13.8. The number of benzene rings is 1. The van der Waals surface area contributed by atoms with Gasteiger partial charge >= 0.3 is 0 Å². The van der Waals surface area contributed by atoms with Crippen molar-refractivity contribution in [3.05, 3.63) is 77.5 Å². The molecule has 3 N–H and O–H groups in total. The minimum Gasteiger partial charge on any atom is -0.376 e. The fourth-order valence-electron chi connectivity index (χ4n) is 7.85. The minimum atomic E-state index is -0.551. The van der Waals surface area contributed by atoms with Crippen molar-refractivity contribution < 1.29 is 13.2 Å². The van der Waals surface area contributed by atoms with E-state index in [-0.39, 0.29) is 22.6 Å². The molecule has 0 radical (unpaired) electrons. The van der Waals surface area contributed by atoms with Crippen molar-refractivity contribution in [3.8, 4) is 0 Å². The summed E-state index contributed by atoms with van der Waals surface area (Å²) in [5, 5.41) is 4.21. The number of nitrogens with zero attached hydrogens (tertiary/aromatic N) is 6. The SMILES string of the molecule is C=CCCN.C[C@@]12CCCN1CC(F)C2.Cc1nc(N2CC3CCC(C2)N3)c2cnc(C3=CN(C)Cc4cccc(F)c43)c(F)c2n1. The monoisotopic (exact) mass is 648 g/mol. The van der Waals surface area contributed by atoms with Crippen LogP contribution in [0.2, 0.25) is 0 Å². The van der Waals surface area contributed by atoms with Crippen molar-refractivity contribution >= 4 is 22.3 Å². The van der Waals surface area contributed by atoms with Gasteiger partial charge in [0.25, 0.3) is 0 Å². The number of hydrogen-bond donors (Lipinski definition) is 2. The first-order valence-corrected chi connectivity index (χ1v) is 16.8. The molecule has 8 rings (SSSR count). The van der Waals surface area contributed by atoms with Gasteiger partial charge in [0.15, 0.2) is 5.82 Å². The Bertz CT molecular complexity index is 1630. The van der Waals surface area contributed by atoms with Crippen molar-refractivity contribution in [1.82, 2.24) is 30.1 Å². The molecule has 47 heavy (non-hydrogen) atoms. The van der Waals surface area contributed by atoms with Crippen LogP contribution in [0.15, 0.2) is 43.3 Å². The van der Waals surface area contributed by atoms with E-state index in [0.717, 1.165) is 63.2 Å². The zero-order valence-electron chi connectivity index (χ0n) is 27.8. The van der Waals surface area contributed by atoms with Crippen LogP contribution in [0.1, 0.15) is 68.1 Å². The summed E-state index contributed by atoms with van der Waals surface area (Å²) in [6, 6.07) is 5.81. The number of hydrogen-bond acceptors (Lipinski definition) is 8. The third-order valence-corrected chi connectivity index (χ3v) is 10.0. The number of aromatic nitrogens is 3. The molecule has 3 unspecified atom stereocenters. The van der Waals surface area contributed by atoms with Gasteiger partial charge in [0.2, 0.25) is 0 Å². The first-order chi connectivity index (χ1) is 22.6. The maximum Gasteiger partial charge on any atom is 0.175 e. The van der Waals surface area contributed by atoms with Gasteiger partial charge in [0, 0.05) is 74.4 Å².